The summed E-state index contributed by atoms with van der Waals surface area (Å²) in [4.78, 5) is 10.2. The molecule has 0 unspecified atom stereocenters. The summed E-state index contributed by atoms with van der Waals surface area (Å²) >= 11 is 3.28. The van der Waals surface area contributed by atoms with Gasteiger partial charge in [-0.25, -0.2) is 0 Å². The van der Waals surface area contributed by atoms with Gasteiger partial charge in [0, 0.05) is 39.4 Å². The van der Waals surface area contributed by atoms with Gasteiger partial charge in [0.1, 0.15) is 0 Å². The normalized spacial score (nSPS) is 10.5. The van der Waals surface area contributed by atoms with Crippen LogP contribution in [0.2, 0.25) is 0 Å². The van der Waals surface area contributed by atoms with Crippen LogP contribution >= 0.6 is 15.9 Å². The lowest BCUT2D eigenvalue weighted by Crippen LogP contribution is -2.36. The summed E-state index contributed by atoms with van der Waals surface area (Å²) in [6.45, 7) is 0. The first-order valence-electron chi connectivity index (χ1n) is 6.66. The van der Waals surface area contributed by atoms with E-state index in [9.17, 15) is 15.2 Å². The minimum absolute atomic E-state index is 0.0166. The Morgan fingerprint density at radius 2 is 1.70 bits per heavy atom. The molecule has 3 rings (SSSR count). The zero-order valence-corrected chi connectivity index (χ0v) is 13.3. The van der Waals surface area contributed by atoms with Crippen molar-refractivity contribution in [2.75, 3.05) is 0 Å². The Morgan fingerprint density at radius 3 is 2.30 bits per heavy atom. The van der Waals surface area contributed by atoms with Crippen molar-refractivity contribution in [2.24, 2.45) is 0 Å². The summed E-state index contributed by atoms with van der Waals surface area (Å²) in [5.41, 5.74) is 1.86. The molecule has 0 amide bonds. The van der Waals surface area contributed by atoms with E-state index >= 15 is 0 Å². The van der Waals surface area contributed by atoms with E-state index in [0.29, 0.717) is 15.9 Å². The minimum Gasteiger partial charge on any atom is -0.868 e. The number of nitro groups is 1. The molecule has 7 heteroatoms. The highest BCUT2D eigenvalue weighted by molar-refractivity contribution is 9.10. The van der Waals surface area contributed by atoms with Crippen molar-refractivity contribution in [1.29, 1.82) is 0 Å². The van der Waals surface area contributed by atoms with Crippen molar-refractivity contribution >= 4 is 21.6 Å². The summed E-state index contributed by atoms with van der Waals surface area (Å²) in [7, 11) is 0. The smallest absolute Gasteiger partial charge is 0.269 e. The van der Waals surface area contributed by atoms with Gasteiger partial charge >= 0.3 is 0 Å². The van der Waals surface area contributed by atoms with Crippen LogP contribution in [-0.2, 0) is 0 Å². The summed E-state index contributed by atoms with van der Waals surface area (Å²) < 4.78 is 1.79. The van der Waals surface area contributed by atoms with E-state index in [1.165, 1.54) is 23.0 Å². The van der Waals surface area contributed by atoms with Gasteiger partial charge in [-0.1, -0.05) is 35.0 Å². The summed E-state index contributed by atoms with van der Waals surface area (Å²) in [6, 6.07) is 15.1. The second-order valence-electron chi connectivity index (χ2n) is 4.74. The van der Waals surface area contributed by atoms with E-state index in [1.54, 1.807) is 12.1 Å². The second kappa shape index (κ2) is 6.13. The van der Waals surface area contributed by atoms with Crippen molar-refractivity contribution in [3.05, 3.63) is 75.4 Å². The van der Waals surface area contributed by atoms with Crippen molar-refractivity contribution < 1.29 is 14.7 Å². The Labute approximate surface area is 139 Å². The van der Waals surface area contributed by atoms with Crippen LogP contribution in [-0.4, -0.2) is 10.0 Å². The molecule has 0 aliphatic rings. The minimum atomic E-state index is -0.474. The van der Waals surface area contributed by atoms with Crippen LogP contribution in [0.25, 0.3) is 16.9 Å². The fourth-order valence-electron chi connectivity index (χ4n) is 2.10. The molecule has 1 aromatic heterocycles. The van der Waals surface area contributed by atoms with Crippen LogP contribution in [0.4, 0.5) is 5.69 Å². The van der Waals surface area contributed by atoms with Crippen LogP contribution in [0.1, 0.15) is 0 Å². The third-order valence-electron chi connectivity index (χ3n) is 3.24. The van der Waals surface area contributed by atoms with Crippen LogP contribution in [0.5, 0.6) is 5.75 Å². The Kier molecular flexibility index (Phi) is 4.03. The summed E-state index contributed by atoms with van der Waals surface area (Å²) in [6.07, 6.45) is 1.33. The number of nitro benzene ring substituents is 1. The number of benzene rings is 2. The van der Waals surface area contributed by atoms with Gasteiger partial charge in [-0.15, -0.1) is 0 Å². The molecule has 114 valence electrons. The first-order valence-corrected chi connectivity index (χ1v) is 7.45. The molecule has 0 atom stereocenters. The molecule has 0 N–H and O–H groups in total. The van der Waals surface area contributed by atoms with Crippen molar-refractivity contribution in [1.82, 2.24) is 5.10 Å². The zero-order valence-electron chi connectivity index (χ0n) is 11.7. The van der Waals surface area contributed by atoms with Crippen molar-refractivity contribution in [3.8, 4) is 22.7 Å². The van der Waals surface area contributed by atoms with E-state index in [-0.39, 0.29) is 11.4 Å². The molecule has 0 bridgehead atoms. The standard InChI is InChI=1S/C16H10BrN3O3/c17-15-14(21)10-19(12-6-8-13(9-7-12)20(22)23)18-16(15)11-4-2-1-3-5-11/h1-10H. The lowest BCUT2D eigenvalue weighted by molar-refractivity contribution is -0.661. The maximum absolute atomic E-state index is 12.2. The molecular formula is C16H10BrN3O3. The fourth-order valence-corrected chi connectivity index (χ4v) is 2.52. The maximum atomic E-state index is 12.2. The molecule has 0 radical (unpaired) electrons. The zero-order chi connectivity index (χ0) is 16.4. The fraction of sp³-hybridized carbons (Fsp3) is 0. The quantitative estimate of drug-likeness (QED) is 0.402. The topological polar surface area (TPSA) is 83.0 Å². The van der Waals surface area contributed by atoms with Crippen LogP contribution in [0, 0.1) is 10.1 Å². The highest BCUT2D eigenvalue weighted by atomic mass is 79.9. The monoisotopic (exact) mass is 371 g/mol. The maximum Gasteiger partial charge on any atom is 0.269 e. The molecule has 0 spiro atoms. The van der Waals surface area contributed by atoms with Gasteiger partial charge in [0.05, 0.1) is 4.92 Å². The Bertz CT molecular complexity index is 868. The van der Waals surface area contributed by atoms with Crippen LogP contribution in [0.15, 0.2) is 65.3 Å². The summed E-state index contributed by atoms with van der Waals surface area (Å²) in [5, 5.41) is 27.3. The van der Waals surface area contributed by atoms with Crippen molar-refractivity contribution in [3.63, 3.8) is 0 Å². The van der Waals surface area contributed by atoms with E-state index < -0.39 is 4.92 Å². The molecule has 2 aromatic carbocycles. The first kappa shape index (κ1) is 15.1. The summed E-state index contributed by atoms with van der Waals surface area (Å²) in [5.74, 6) is -0.225. The number of halogens is 1. The van der Waals surface area contributed by atoms with Gasteiger partial charge < -0.3 is 5.11 Å². The average molecular weight is 372 g/mol. The van der Waals surface area contributed by atoms with Gasteiger partial charge in [0.2, 0.25) is 5.69 Å². The SMILES string of the molecule is O=[N+]([O-])c1ccc(-[n+]2cc([O-])c(Br)c(-c3ccccc3)n2)cc1. The lowest BCUT2D eigenvalue weighted by Gasteiger charge is -2.09. The van der Waals surface area contributed by atoms with Gasteiger partial charge in [-0.3, -0.25) is 10.1 Å². The molecule has 0 aliphatic carbocycles. The molecule has 3 aromatic rings. The number of hydrogen-bond acceptors (Lipinski definition) is 4. The van der Waals surface area contributed by atoms with E-state index in [0.717, 1.165) is 5.56 Å². The molecule has 0 saturated carbocycles. The Hall–Kier alpha value is -2.80. The number of nitrogens with zero attached hydrogens (tertiary/aromatic N) is 3. The highest BCUT2D eigenvalue weighted by Gasteiger charge is 2.17. The molecule has 0 saturated heterocycles. The number of non-ortho nitro benzene ring substituents is 1. The third kappa shape index (κ3) is 3.04. The molecular weight excluding hydrogens is 362 g/mol. The van der Waals surface area contributed by atoms with Crippen LogP contribution in [0.3, 0.4) is 0 Å². The number of aromatic nitrogens is 2. The van der Waals surface area contributed by atoms with E-state index in [4.69, 9.17) is 0 Å². The van der Waals surface area contributed by atoms with E-state index in [1.807, 2.05) is 30.3 Å². The van der Waals surface area contributed by atoms with Crippen molar-refractivity contribution in [2.45, 2.75) is 0 Å². The highest BCUT2D eigenvalue weighted by Crippen LogP contribution is 2.30. The number of hydrogen-bond donors (Lipinski definition) is 0. The van der Waals surface area contributed by atoms with Gasteiger partial charge in [0.25, 0.3) is 5.69 Å². The predicted molar refractivity (Wildman–Crippen MR) is 85.0 cm³/mol. The molecule has 1 heterocycles. The number of rotatable bonds is 3. The average Bonchev–Trinajstić information content (AvgIpc) is 2.58. The Balaban J connectivity index is 2.10. The lowest BCUT2D eigenvalue weighted by atomic mass is 10.1. The molecule has 0 aliphatic heterocycles. The van der Waals surface area contributed by atoms with Gasteiger partial charge in [-0.05, 0) is 21.7 Å². The molecule has 23 heavy (non-hydrogen) atoms. The van der Waals surface area contributed by atoms with E-state index in [2.05, 4.69) is 21.0 Å². The molecule has 0 fully saturated rings. The molecule has 6 nitrogen and oxygen atoms in total. The Morgan fingerprint density at radius 1 is 1.04 bits per heavy atom. The van der Waals surface area contributed by atoms with Gasteiger partial charge in [0.15, 0.2) is 11.9 Å². The first-order chi connectivity index (χ1) is 11.1. The van der Waals surface area contributed by atoms with Crippen LogP contribution < -0.4 is 9.79 Å². The predicted octanol–water partition coefficient (Wildman–Crippen LogP) is 2.77. The van der Waals surface area contributed by atoms with Gasteiger partial charge in [-0.2, -0.15) is 0 Å². The largest absolute Gasteiger partial charge is 0.868 e. The third-order valence-corrected chi connectivity index (χ3v) is 4.01. The second-order valence-corrected chi connectivity index (χ2v) is 5.53.